The lowest BCUT2D eigenvalue weighted by atomic mass is 9.86. The highest BCUT2D eigenvalue weighted by Gasteiger charge is 2.19. The van der Waals surface area contributed by atoms with Gasteiger partial charge in [0.2, 0.25) is 0 Å². The van der Waals surface area contributed by atoms with Gasteiger partial charge in [-0.1, -0.05) is 33.1 Å². The normalized spacial score (nSPS) is 12.1. The third-order valence-corrected chi connectivity index (χ3v) is 3.62. The maximum atomic E-state index is 11.3. The largest absolute Gasteiger partial charge is 0.478 e. The Morgan fingerprint density at radius 3 is 2.30 bits per heavy atom. The first-order valence-corrected chi connectivity index (χ1v) is 7.11. The summed E-state index contributed by atoms with van der Waals surface area (Å²) in [5, 5.41) is 18.3. The molecule has 0 aliphatic rings. The van der Waals surface area contributed by atoms with Crippen LogP contribution in [0.25, 0.3) is 0 Å². The van der Waals surface area contributed by atoms with E-state index in [2.05, 4.69) is 6.92 Å². The van der Waals surface area contributed by atoms with Crippen LogP contribution in [0.1, 0.15) is 78.1 Å². The molecule has 2 N–H and O–H groups in total. The molecule has 0 bridgehead atoms. The molecule has 0 spiro atoms. The zero-order valence-electron chi connectivity index (χ0n) is 12.1. The molecule has 0 saturated carbocycles. The minimum Gasteiger partial charge on any atom is -0.478 e. The highest BCUT2D eigenvalue weighted by Crippen LogP contribution is 2.29. The Hall–Kier alpha value is -1.84. The Morgan fingerprint density at radius 1 is 1.10 bits per heavy atom. The quantitative estimate of drug-likeness (QED) is 0.700. The molecule has 1 atom stereocenters. The molecule has 1 aromatic rings. The lowest BCUT2D eigenvalue weighted by Gasteiger charge is -2.18. The summed E-state index contributed by atoms with van der Waals surface area (Å²) in [5.74, 6) is -1.91. The van der Waals surface area contributed by atoms with Crippen molar-refractivity contribution in [1.29, 1.82) is 0 Å². The van der Waals surface area contributed by atoms with Gasteiger partial charge >= 0.3 is 11.9 Å². The predicted octanol–water partition coefficient (Wildman–Crippen LogP) is 4.16. The van der Waals surface area contributed by atoms with E-state index < -0.39 is 11.9 Å². The second kappa shape index (κ2) is 7.68. The average molecular weight is 278 g/mol. The zero-order chi connectivity index (χ0) is 15.1. The average Bonchev–Trinajstić information content (AvgIpc) is 2.43. The van der Waals surface area contributed by atoms with E-state index >= 15 is 0 Å². The maximum Gasteiger partial charge on any atom is 0.335 e. The van der Waals surface area contributed by atoms with Gasteiger partial charge in [0.25, 0.3) is 0 Å². The minimum atomic E-state index is -1.02. The molecule has 0 aliphatic carbocycles. The summed E-state index contributed by atoms with van der Waals surface area (Å²) in [4.78, 5) is 22.4. The van der Waals surface area contributed by atoms with Crippen LogP contribution in [0.2, 0.25) is 0 Å². The van der Waals surface area contributed by atoms with Crippen molar-refractivity contribution >= 4 is 11.9 Å². The van der Waals surface area contributed by atoms with Crippen LogP contribution in [0.15, 0.2) is 18.2 Å². The van der Waals surface area contributed by atoms with E-state index in [9.17, 15) is 14.7 Å². The summed E-state index contributed by atoms with van der Waals surface area (Å²) in [6, 6.07) is 4.28. The van der Waals surface area contributed by atoms with Crippen molar-refractivity contribution in [2.24, 2.45) is 0 Å². The Kier molecular flexibility index (Phi) is 6.22. The SMILES string of the molecule is CCCCCC(CC)c1cc(C(=O)O)ccc1C(=O)O. The number of hydrogen-bond donors (Lipinski definition) is 2. The fourth-order valence-corrected chi connectivity index (χ4v) is 2.45. The first-order valence-electron chi connectivity index (χ1n) is 7.11. The van der Waals surface area contributed by atoms with E-state index in [1.54, 1.807) is 0 Å². The first kappa shape index (κ1) is 16.2. The van der Waals surface area contributed by atoms with Crippen LogP contribution >= 0.6 is 0 Å². The van der Waals surface area contributed by atoms with Crippen molar-refractivity contribution in [2.75, 3.05) is 0 Å². The predicted molar refractivity (Wildman–Crippen MR) is 77.5 cm³/mol. The topological polar surface area (TPSA) is 74.6 Å². The Morgan fingerprint density at radius 2 is 1.80 bits per heavy atom. The molecule has 4 heteroatoms. The number of carboxylic acid groups (broad SMARTS) is 2. The second-order valence-electron chi connectivity index (χ2n) is 5.01. The van der Waals surface area contributed by atoms with Crippen molar-refractivity contribution in [1.82, 2.24) is 0 Å². The number of carboxylic acids is 2. The monoisotopic (exact) mass is 278 g/mol. The number of hydrogen-bond acceptors (Lipinski definition) is 2. The molecule has 0 radical (unpaired) electrons. The molecule has 1 aromatic carbocycles. The molecule has 20 heavy (non-hydrogen) atoms. The lowest BCUT2D eigenvalue weighted by Crippen LogP contribution is -2.10. The zero-order valence-corrected chi connectivity index (χ0v) is 12.1. The van der Waals surface area contributed by atoms with Crippen LogP contribution in [0.4, 0.5) is 0 Å². The minimum absolute atomic E-state index is 0.104. The van der Waals surface area contributed by atoms with Gasteiger partial charge in [-0.3, -0.25) is 0 Å². The van der Waals surface area contributed by atoms with Crippen LogP contribution in [0, 0.1) is 0 Å². The van der Waals surface area contributed by atoms with Crippen molar-refractivity contribution in [3.05, 3.63) is 34.9 Å². The van der Waals surface area contributed by atoms with Gasteiger partial charge in [0.15, 0.2) is 0 Å². The standard InChI is InChI=1S/C16H22O4/c1-3-5-6-7-11(4-2)14-10-12(15(17)18)8-9-13(14)16(19)20/h8-11H,3-7H2,1-2H3,(H,17,18)(H,19,20). The third-order valence-electron chi connectivity index (χ3n) is 3.62. The van der Waals surface area contributed by atoms with Crippen LogP contribution in [-0.2, 0) is 0 Å². The number of carbonyl (C=O) groups is 2. The summed E-state index contributed by atoms with van der Waals surface area (Å²) < 4.78 is 0. The van der Waals surface area contributed by atoms with Gasteiger partial charge in [-0.2, -0.15) is 0 Å². The summed E-state index contributed by atoms with van der Waals surface area (Å²) in [7, 11) is 0. The van der Waals surface area contributed by atoms with Gasteiger partial charge in [0.1, 0.15) is 0 Å². The molecule has 110 valence electrons. The number of aromatic carboxylic acids is 2. The summed E-state index contributed by atoms with van der Waals surface area (Å²) in [5.41, 5.74) is 1.02. The highest BCUT2D eigenvalue weighted by molar-refractivity contribution is 5.93. The Bertz CT molecular complexity index is 479. The van der Waals surface area contributed by atoms with Gasteiger partial charge in [-0.15, -0.1) is 0 Å². The van der Waals surface area contributed by atoms with E-state index in [-0.39, 0.29) is 17.0 Å². The summed E-state index contributed by atoms with van der Waals surface area (Å²) in [6.07, 6.45) is 4.96. The molecule has 0 aromatic heterocycles. The first-order chi connectivity index (χ1) is 9.51. The molecular formula is C16H22O4. The van der Waals surface area contributed by atoms with Gasteiger partial charge in [0, 0.05) is 0 Å². The van der Waals surface area contributed by atoms with Crippen LogP contribution in [0.3, 0.4) is 0 Å². The molecule has 4 nitrogen and oxygen atoms in total. The number of unbranched alkanes of at least 4 members (excludes halogenated alkanes) is 2. The molecule has 1 rings (SSSR count). The van der Waals surface area contributed by atoms with Crippen LogP contribution in [0.5, 0.6) is 0 Å². The fourth-order valence-electron chi connectivity index (χ4n) is 2.45. The van der Waals surface area contributed by atoms with Gasteiger partial charge in [-0.25, -0.2) is 9.59 Å². The number of benzene rings is 1. The van der Waals surface area contributed by atoms with E-state index in [4.69, 9.17) is 5.11 Å². The molecule has 0 aliphatic heterocycles. The van der Waals surface area contributed by atoms with Gasteiger partial charge in [0.05, 0.1) is 11.1 Å². The molecule has 0 amide bonds. The van der Waals surface area contributed by atoms with Gasteiger partial charge in [-0.05, 0) is 42.5 Å². The molecule has 1 unspecified atom stereocenters. The van der Waals surface area contributed by atoms with Crippen LogP contribution < -0.4 is 0 Å². The second-order valence-corrected chi connectivity index (χ2v) is 5.01. The fraction of sp³-hybridized carbons (Fsp3) is 0.500. The van der Waals surface area contributed by atoms with E-state index in [1.165, 1.54) is 18.2 Å². The van der Waals surface area contributed by atoms with Crippen molar-refractivity contribution in [3.8, 4) is 0 Å². The molecule has 0 fully saturated rings. The maximum absolute atomic E-state index is 11.3. The Balaban J connectivity index is 3.11. The third kappa shape index (κ3) is 4.08. The van der Waals surface area contributed by atoms with Gasteiger partial charge < -0.3 is 10.2 Å². The van der Waals surface area contributed by atoms with E-state index in [1.807, 2.05) is 6.92 Å². The summed E-state index contributed by atoms with van der Waals surface area (Å²) >= 11 is 0. The number of rotatable bonds is 8. The van der Waals surface area contributed by atoms with Crippen molar-refractivity contribution in [3.63, 3.8) is 0 Å². The van der Waals surface area contributed by atoms with E-state index in [0.717, 1.165) is 32.1 Å². The molecular weight excluding hydrogens is 256 g/mol. The van der Waals surface area contributed by atoms with Crippen molar-refractivity contribution in [2.45, 2.75) is 51.9 Å². The summed E-state index contributed by atoms with van der Waals surface area (Å²) in [6.45, 7) is 4.13. The molecule has 0 heterocycles. The lowest BCUT2D eigenvalue weighted by molar-refractivity contribution is 0.0679. The molecule has 0 saturated heterocycles. The van der Waals surface area contributed by atoms with E-state index in [0.29, 0.717) is 5.56 Å². The Labute approximate surface area is 119 Å². The van der Waals surface area contributed by atoms with Crippen LogP contribution in [-0.4, -0.2) is 22.2 Å². The highest BCUT2D eigenvalue weighted by atomic mass is 16.4. The smallest absolute Gasteiger partial charge is 0.335 e. The van der Waals surface area contributed by atoms with Crippen molar-refractivity contribution < 1.29 is 19.8 Å².